The molecule has 5 nitrogen and oxygen atoms in total. The summed E-state index contributed by atoms with van der Waals surface area (Å²) in [6.45, 7) is 0. The number of nitrogens with zero attached hydrogens (tertiary/aromatic N) is 4. The Balaban J connectivity index is 1.30. The highest BCUT2D eigenvalue weighted by Crippen LogP contribution is 2.42. The first-order valence-electron chi connectivity index (χ1n) is 14.7. The van der Waals surface area contributed by atoms with Gasteiger partial charge in [-0.3, -0.25) is 0 Å². The molecule has 5 heteroatoms. The first-order chi connectivity index (χ1) is 22.2. The Morgan fingerprint density at radius 3 is 1.67 bits per heavy atom. The molecule has 0 aliphatic carbocycles. The molecule has 2 heterocycles. The molecule has 6 aromatic carbocycles. The molecule has 0 spiro atoms. The van der Waals surface area contributed by atoms with Gasteiger partial charge < -0.3 is 4.42 Å². The van der Waals surface area contributed by atoms with Gasteiger partial charge in [0, 0.05) is 33.0 Å². The molecule has 0 aliphatic rings. The predicted octanol–water partition coefficient (Wildman–Crippen LogP) is 9.98. The van der Waals surface area contributed by atoms with Crippen LogP contribution in [0.3, 0.4) is 0 Å². The standard InChI is InChI=1S/C40H24N4O/c41-25-26-10-9-15-31(24-26)32-22-23-34-33-16-7-8-17-35(33)45-37(34)36(32)27-18-20-30(21-19-27)40-43-38(28-11-3-1-4-12-28)42-39(44-40)29-13-5-2-6-14-29/h1-24H. The zero-order valence-electron chi connectivity index (χ0n) is 24.1. The van der Waals surface area contributed by atoms with Crippen molar-refractivity contribution in [1.82, 2.24) is 15.0 Å². The molecule has 0 radical (unpaired) electrons. The van der Waals surface area contributed by atoms with Gasteiger partial charge in [0.05, 0.1) is 11.6 Å². The molecule has 0 unspecified atom stereocenters. The molecule has 210 valence electrons. The van der Waals surface area contributed by atoms with E-state index in [4.69, 9.17) is 19.4 Å². The van der Waals surface area contributed by atoms with Crippen LogP contribution in [0.4, 0.5) is 0 Å². The fraction of sp³-hybridized carbons (Fsp3) is 0. The highest BCUT2D eigenvalue weighted by Gasteiger charge is 2.19. The number of para-hydroxylation sites is 1. The van der Waals surface area contributed by atoms with Crippen molar-refractivity contribution in [2.75, 3.05) is 0 Å². The summed E-state index contributed by atoms with van der Waals surface area (Å²) in [5, 5.41) is 11.7. The van der Waals surface area contributed by atoms with Crippen molar-refractivity contribution in [1.29, 1.82) is 5.26 Å². The Bertz CT molecular complexity index is 2310. The largest absolute Gasteiger partial charge is 0.455 e. The zero-order valence-corrected chi connectivity index (χ0v) is 24.1. The molecule has 8 aromatic rings. The molecular weight excluding hydrogens is 552 g/mol. The number of hydrogen-bond donors (Lipinski definition) is 0. The lowest BCUT2D eigenvalue weighted by atomic mass is 9.91. The number of nitriles is 1. The van der Waals surface area contributed by atoms with Crippen LogP contribution < -0.4 is 0 Å². The normalized spacial score (nSPS) is 11.1. The lowest BCUT2D eigenvalue weighted by Gasteiger charge is -2.13. The molecule has 0 atom stereocenters. The number of aromatic nitrogens is 3. The summed E-state index contributed by atoms with van der Waals surface area (Å²) >= 11 is 0. The number of fused-ring (bicyclic) bond motifs is 3. The number of rotatable bonds is 5. The van der Waals surface area contributed by atoms with Crippen molar-refractivity contribution in [3.63, 3.8) is 0 Å². The summed E-state index contributed by atoms with van der Waals surface area (Å²) in [5.74, 6) is 1.84. The molecule has 0 bridgehead atoms. The summed E-state index contributed by atoms with van der Waals surface area (Å²) in [7, 11) is 0. The quantitative estimate of drug-likeness (QED) is 0.204. The topological polar surface area (TPSA) is 75.6 Å². The maximum atomic E-state index is 9.60. The molecule has 8 rings (SSSR count). The molecule has 0 fully saturated rings. The average Bonchev–Trinajstić information content (AvgIpc) is 3.51. The third kappa shape index (κ3) is 4.81. The first-order valence-corrected chi connectivity index (χ1v) is 14.7. The van der Waals surface area contributed by atoms with E-state index in [1.807, 2.05) is 115 Å². The van der Waals surface area contributed by atoms with Crippen LogP contribution in [0.1, 0.15) is 5.56 Å². The minimum Gasteiger partial charge on any atom is -0.455 e. The summed E-state index contributed by atoms with van der Waals surface area (Å²) in [5.41, 5.74) is 8.88. The van der Waals surface area contributed by atoms with Crippen LogP contribution in [0.15, 0.2) is 150 Å². The first kappa shape index (κ1) is 26.3. The monoisotopic (exact) mass is 576 g/mol. The van der Waals surface area contributed by atoms with E-state index in [0.717, 1.165) is 60.9 Å². The van der Waals surface area contributed by atoms with Gasteiger partial charge in [-0.2, -0.15) is 5.26 Å². The minimum atomic E-state index is 0.596. The van der Waals surface area contributed by atoms with E-state index in [2.05, 4.69) is 36.4 Å². The van der Waals surface area contributed by atoms with Crippen LogP contribution in [0.2, 0.25) is 0 Å². The van der Waals surface area contributed by atoms with Crippen molar-refractivity contribution in [2.24, 2.45) is 0 Å². The third-order valence-electron chi connectivity index (χ3n) is 7.98. The van der Waals surface area contributed by atoms with Gasteiger partial charge in [-0.15, -0.1) is 0 Å². The molecule has 2 aromatic heterocycles. The molecule has 45 heavy (non-hydrogen) atoms. The summed E-state index contributed by atoms with van der Waals surface area (Å²) < 4.78 is 6.50. The SMILES string of the molecule is N#Cc1cccc(-c2ccc3c(oc4ccccc43)c2-c2ccc(-c3nc(-c4ccccc4)nc(-c4ccccc4)n3)cc2)c1. The van der Waals surface area contributed by atoms with Crippen LogP contribution in [-0.4, -0.2) is 15.0 Å². The molecule has 0 saturated heterocycles. The second-order valence-electron chi connectivity index (χ2n) is 10.8. The zero-order chi connectivity index (χ0) is 30.2. The fourth-order valence-corrected chi connectivity index (χ4v) is 5.80. The molecular formula is C40H24N4O. The van der Waals surface area contributed by atoms with Gasteiger partial charge in [0.25, 0.3) is 0 Å². The van der Waals surface area contributed by atoms with E-state index < -0.39 is 0 Å². The Hall–Kier alpha value is -6.38. The van der Waals surface area contributed by atoms with Gasteiger partial charge in [0.1, 0.15) is 11.2 Å². The van der Waals surface area contributed by atoms with E-state index in [9.17, 15) is 5.26 Å². The van der Waals surface area contributed by atoms with Crippen LogP contribution >= 0.6 is 0 Å². The van der Waals surface area contributed by atoms with E-state index in [1.165, 1.54) is 0 Å². The molecule has 0 N–H and O–H groups in total. The van der Waals surface area contributed by atoms with Crippen LogP contribution in [-0.2, 0) is 0 Å². The number of benzene rings is 6. The van der Waals surface area contributed by atoms with Crippen LogP contribution in [0.5, 0.6) is 0 Å². The summed E-state index contributed by atoms with van der Waals surface area (Å²) in [6.07, 6.45) is 0. The smallest absolute Gasteiger partial charge is 0.164 e. The summed E-state index contributed by atoms with van der Waals surface area (Å²) in [6, 6.07) is 50.5. The van der Waals surface area contributed by atoms with Gasteiger partial charge >= 0.3 is 0 Å². The van der Waals surface area contributed by atoms with Crippen molar-refractivity contribution in [3.8, 4) is 62.5 Å². The van der Waals surface area contributed by atoms with Gasteiger partial charge in [0.2, 0.25) is 0 Å². The lowest BCUT2D eigenvalue weighted by molar-refractivity contribution is 0.670. The van der Waals surface area contributed by atoms with Crippen LogP contribution in [0, 0.1) is 11.3 Å². The van der Waals surface area contributed by atoms with Crippen molar-refractivity contribution in [2.45, 2.75) is 0 Å². The van der Waals surface area contributed by atoms with Gasteiger partial charge in [-0.05, 0) is 41.0 Å². The summed E-state index contributed by atoms with van der Waals surface area (Å²) in [4.78, 5) is 14.6. The van der Waals surface area contributed by atoms with Crippen molar-refractivity contribution in [3.05, 3.63) is 151 Å². The molecule has 0 aliphatic heterocycles. The highest BCUT2D eigenvalue weighted by molar-refractivity contribution is 6.12. The average molecular weight is 577 g/mol. The second kappa shape index (κ2) is 11.0. The Morgan fingerprint density at radius 1 is 0.467 bits per heavy atom. The van der Waals surface area contributed by atoms with E-state index in [0.29, 0.717) is 23.0 Å². The van der Waals surface area contributed by atoms with Crippen LogP contribution in [0.25, 0.3) is 78.4 Å². The Morgan fingerprint density at radius 2 is 1.02 bits per heavy atom. The van der Waals surface area contributed by atoms with E-state index >= 15 is 0 Å². The van der Waals surface area contributed by atoms with Crippen molar-refractivity contribution >= 4 is 21.9 Å². The maximum Gasteiger partial charge on any atom is 0.164 e. The highest BCUT2D eigenvalue weighted by atomic mass is 16.3. The minimum absolute atomic E-state index is 0.596. The molecule has 0 amide bonds. The second-order valence-corrected chi connectivity index (χ2v) is 10.8. The molecule has 0 saturated carbocycles. The van der Waals surface area contributed by atoms with Crippen molar-refractivity contribution < 1.29 is 4.42 Å². The third-order valence-corrected chi connectivity index (χ3v) is 7.98. The van der Waals surface area contributed by atoms with Gasteiger partial charge in [-0.1, -0.05) is 121 Å². The number of furan rings is 1. The Labute approximate surface area is 259 Å². The van der Waals surface area contributed by atoms with Gasteiger partial charge in [-0.25, -0.2) is 15.0 Å². The fourth-order valence-electron chi connectivity index (χ4n) is 5.80. The Kier molecular flexibility index (Phi) is 6.44. The lowest BCUT2D eigenvalue weighted by Crippen LogP contribution is -2.00. The van der Waals surface area contributed by atoms with Gasteiger partial charge in [0.15, 0.2) is 17.5 Å². The predicted molar refractivity (Wildman–Crippen MR) is 179 cm³/mol. The maximum absolute atomic E-state index is 9.60. The van der Waals surface area contributed by atoms with E-state index in [-0.39, 0.29) is 0 Å². The van der Waals surface area contributed by atoms with E-state index in [1.54, 1.807) is 0 Å². The number of hydrogen-bond acceptors (Lipinski definition) is 5.